The molecule has 2 N–H and O–H groups in total. The maximum absolute atomic E-state index is 12.6. The number of hydrogen-bond donors (Lipinski definition) is 2. The Hall–Kier alpha value is -1.79. The Kier molecular flexibility index (Phi) is 7.50. The molecular weight excluding hydrogens is 409 g/mol. The molecule has 0 bridgehead atoms. The Morgan fingerprint density at radius 1 is 1.07 bits per heavy atom. The molecule has 1 atom stereocenters. The van der Waals surface area contributed by atoms with Gasteiger partial charge in [0.05, 0.1) is 0 Å². The zero-order chi connectivity index (χ0) is 18.7. The fourth-order valence-electron chi connectivity index (χ4n) is 2.88. The van der Waals surface area contributed by atoms with Gasteiger partial charge >= 0.3 is 0 Å². The number of nitrogens with one attached hydrogen (secondary N) is 2. The van der Waals surface area contributed by atoms with Crippen LogP contribution in [0.1, 0.15) is 27.6 Å². The van der Waals surface area contributed by atoms with E-state index >= 15 is 0 Å². The Morgan fingerprint density at radius 2 is 1.70 bits per heavy atom. The summed E-state index contributed by atoms with van der Waals surface area (Å²) in [7, 11) is 0. The van der Waals surface area contributed by atoms with Gasteiger partial charge in [-0.15, -0.1) is 12.4 Å². The van der Waals surface area contributed by atoms with E-state index in [0.717, 1.165) is 6.54 Å². The van der Waals surface area contributed by atoms with Crippen molar-refractivity contribution < 1.29 is 9.59 Å². The molecule has 2 aromatic rings. The monoisotopic (exact) mass is 427 g/mol. The van der Waals surface area contributed by atoms with E-state index in [2.05, 4.69) is 17.6 Å². The van der Waals surface area contributed by atoms with Crippen LogP contribution in [0, 0.1) is 0 Å². The summed E-state index contributed by atoms with van der Waals surface area (Å²) in [5.41, 5.74) is 1.57. The fourth-order valence-corrected chi connectivity index (χ4v) is 3.41. The first kappa shape index (κ1) is 21.5. The second-order valence-corrected chi connectivity index (χ2v) is 7.17. The third-order valence-electron chi connectivity index (χ3n) is 4.17. The van der Waals surface area contributed by atoms with Crippen LogP contribution in [0.25, 0.3) is 0 Å². The van der Waals surface area contributed by atoms with E-state index < -0.39 is 0 Å². The molecule has 0 radical (unpaired) electrons. The van der Waals surface area contributed by atoms with Crippen LogP contribution in [0.3, 0.4) is 0 Å². The summed E-state index contributed by atoms with van der Waals surface area (Å²) in [6.07, 6.45) is 0. The maximum Gasteiger partial charge on any atom is 0.255 e. The molecule has 2 aromatic carbocycles. The lowest BCUT2D eigenvalue weighted by molar-refractivity contribution is 0.0709. The van der Waals surface area contributed by atoms with E-state index in [1.54, 1.807) is 42.5 Å². The molecule has 1 aliphatic rings. The predicted octanol–water partition coefficient (Wildman–Crippen LogP) is 4.10. The van der Waals surface area contributed by atoms with E-state index in [-0.39, 0.29) is 30.3 Å². The van der Waals surface area contributed by atoms with E-state index in [1.807, 2.05) is 4.90 Å². The smallest absolute Gasteiger partial charge is 0.255 e. The van der Waals surface area contributed by atoms with Gasteiger partial charge in [0.15, 0.2) is 0 Å². The molecule has 1 unspecified atom stereocenters. The standard InChI is InChI=1S/C19H19Cl2N3O2.ClH/c1-12-11-24(7-6-22-12)19(26)13-2-4-17(5-3-13)23-18(25)14-8-15(20)10-16(21)9-14;/h2-5,8-10,12,22H,6-7,11H2,1H3,(H,23,25);1H. The van der Waals surface area contributed by atoms with Crippen molar-refractivity contribution in [3.63, 3.8) is 0 Å². The van der Waals surface area contributed by atoms with Gasteiger partial charge in [-0.2, -0.15) is 0 Å². The fraction of sp³-hybridized carbons (Fsp3) is 0.263. The zero-order valence-electron chi connectivity index (χ0n) is 14.7. The van der Waals surface area contributed by atoms with Crippen molar-refractivity contribution in [2.45, 2.75) is 13.0 Å². The summed E-state index contributed by atoms with van der Waals surface area (Å²) in [6, 6.07) is 11.8. The van der Waals surface area contributed by atoms with Gasteiger partial charge in [-0.25, -0.2) is 0 Å². The number of benzene rings is 2. The average Bonchev–Trinajstić information content (AvgIpc) is 2.61. The topological polar surface area (TPSA) is 61.4 Å². The summed E-state index contributed by atoms with van der Waals surface area (Å²) in [6.45, 7) is 4.23. The first-order valence-corrected chi connectivity index (χ1v) is 9.08. The minimum absolute atomic E-state index is 0. The van der Waals surface area contributed by atoms with Gasteiger partial charge in [0, 0.05) is 52.5 Å². The highest BCUT2D eigenvalue weighted by Gasteiger charge is 2.21. The number of anilines is 1. The van der Waals surface area contributed by atoms with Gasteiger partial charge < -0.3 is 15.5 Å². The number of amides is 2. The zero-order valence-corrected chi connectivity index (χ0v) is 17.0. The van der Waals surface area contributed by atoms with Crippen LogP contribution in [0.2, 0.25) is 10.0 Å². The largest absolute Gasteiger partial charge is 0.336 e. The molecule has 0 aliphatic carbocycles. The normalized spacial score (nSPS) is 16.4. The highest BCUT2D eigenvalue weighted by molar-refractivity contribution is 6.35. The molecule has 5 nitrogen and oxygen atoms in total. The Bertz CT molecular complexity index is 807. The number of halogens is 3. The van der Waals surface area contributed by atoms with Crippen LogP contribution < -0.4 is 10.6 Å². The van der Waals surface area contributed by atoms with Crippen LogP contribution in [0.15, 0.2) is 42.5 Å². The lowest BCUT2D eigenvalue weighted by Gasteiger charge is -2.32. The summed E-state index contributed by atoms with van der Waals surface area (Å²) in [5, 5.41) is 6.88. The molecule has 1 heterocycles. The van der Waals surface area contributed by atoms with E-state index in [9.17, 15) is 9.59 Å². The predicted molar refractivity (Wildman–Crippen MR) is 111 cm³/mol. The molecule has 8 heteroatoms. The molecule has 1 aliphatic heterocycles. The van der Waals surface area contributed by atoms with Crippen molar-refractivity contribution in [2.75, 3.05) is 25.0 Å². The van der Waals surface area contributed by atoms with Gasteiger partial charge in [-0.05, 0) is 49.4 Å². The SMILES string of the molecule is CC1CN(C(=O)c2ccc(NC(=O)c3cc(Cl)cc(Cl)c3)cc2)CCN1.Cl. The first-order valence-electron chi connectivity index (χ1n) is 8.32. The number of carbonyl (C=O) groups excluding carboxylic acids is 2. The lowest BCUT2D eigenvalue weighted by atomic mass is 10.1. The van der Waals surface area contributed by atoms with Gasteiger partial charge in [0.2, 0.25) is 0 Å². The van der Waals surface area contributed by atoms with Gasteiger partial charge in [-0.1, -0.05) is 23.2 Å². The van der Waals surface area contributed by atoms with E-state index in [0.29, 0.717) is 39.9 Å². The highest BCUT2D eigenvalue weighted by Crippen LogP contribution is 2.20. The minimum atomic E-state index is -0.315. The van der Waals surface area contributed by atoms with Gasteiger partial charge in [0.1, 0.15) is 0 Å². The summed E-state index contributed by atoms with van der Waals surface area (Å²) >= 11 is 11.9. The van der Waals surface area contributed by atoms with E-state index in [1.165, 1.54) is 0 Å². The number of nitrogens with zero attached hydrogens (tertiary/aromatic N) is 1. The quantitative estimate of drug-likeness (QED) is 0.773. The molecule has 2 amide bonds. The van der Waals surface area contributed by atoms with Crippen molar-refractivity contribution in [3.05, 3.63) is 63.6 Å². The number of rotatable bonds is 3. The van der Waals surface area contributed by atoms with Crippen LogP contribution in [-0.2, 0) is 0 Å². The second-order valence-electron chi connectivity index (χ2n) is 6.30. The lowest BCUT2D eigenvalue weighted by Crippen LogP contribution is -2.51. The van der Waals surface area contributed by atoms with Crippen LogP contribution in [0.5, 0.6) is 0 Å². The summed E-state index contributed by atoms with van der Waals surface area (Å²) in [4.78, 5) is 26.7. The van der Waals surface area contributed by atoms with Crippen molar-refractivity contribution in [1.29, 1.82) is 0 Å². The Labute approximate surface area is 174 Å². The molecule has 144 valence electrons. The van der Waals surface area contributed by atoms with Crippen LogP contribution in [0.4, 0.5) is 5.69 Å². The maximum atomic E-state index is 12.6. The van der Waals surface area contributed by atoms with Gasteiger partial charge in [0.25, 0.3) is 11.8 Å². The van der Waals surface area contributed by atoms with Crippen LogP contribution >= 0.6 is 35.6 Å². The Morgan fingerprint density at radius 3 is 2.30 bits per heavy atom. The van der Waals surface area contributed by atoms with E-state index in [4.69, 9.17) is 23.2 Å². The molecule has 0 aromatic heterocycles. The number of piperazine rings is 1. The van der Waals surface area contributed by atoms with Crippen LogP contribution in [-0.4, -0.2) is 42.4 Å². The van der Waals surface area contributed by atoms with Crippen molar-refractivity contribution in [2.24, 2.45) is 0 Å². The number of carbonyl (C=O) groups is 2. The minimum Gasteiger partial charge on any atom is -0.336 e. The molecule has 1 saturated heterocycles. The molecule has 3 rings (SSSR count). The van der Waals surface area contributed by atoms with Crippen molar-refractivity contribution in [3.8, 4) is 0 Å². The van der Waals surface area contributed by atoms with Crippen molar-refractivity contribution in [1.82, 2.24) is 10.2 Å². The Balaban J connectivity index is 0.00000261. The highest BCUT2D eigenvalue weighted by atomic mass is 35.5. The molecule has 0 spiro atoms. The number of hydrogen-bond acceptors (Lipinski definition) is 3. The summed E-state index contributed by atoms with van der Waals surface area (Å²) < 4.78 is 0. The third kappa shape index (κ3) is 5.59. The molecule has 1 fully saturated rings. The summed E-state index contributed by atoms with van der Waals surface area (Å²) in [5.74, 6) is -0.317. The van der Waals surface area contributed by atoms with Crippen molar-refractivity contribution >= 4 is 53.1 Å². The first-order chi connectivity index (χ1) is 12.4. The molecular formula is C19H20Cl3N3O2. The third-order valence-corrected chi connectivity index (χ3v) is 4.61. The second kappa shape index (κ2) is 9.42. The molecule has 0 saturated carbocycles. The average molecular weight is 429 g/mol. The molecule has 27 heavy (non-hydrogen) atoms. The van der Waals surface area contributed by atoms with Gasteiger partial charge in [-0.3, -0.25) is 9.59 Å².